The second-order valence-electron chi connectivity index (χ2n) is 7.46. The molecule has 0 fully saturated rings. The van der Waals surface area contributed by atoms with Gasteiger partial charge >= 0.3 is 5.82 Å². The van der Waals surface area contributed by atoms with Gasteiger partial charge in [0.05, 0.1) is 47.0 Å². The summed E-state index contributed by atoms with van der Waals surface area (Å²) in [4.78, 5) is 22.7. The Balaban J connectivity index is 1.58. The number of anilines is 1. The number of benzene rings is 1. The van der Waals surface area contributed by atoms with Gasteiger partial charge in [0.1, 0.15) is 0 Å². The van der Waals surface area contributed by atoms with Crippen LogP contribution in [0.2, 0.25) is 0 Å². The van der Waals surface area contributed by atoms with Crippen LogP contribution in [0.3, 0.4) is 0 Å². The topological polar surface area (TPSA) is 108 Å². The Kier molecular flexibility index (Phi) is 6.29. The molecule has 158 valence electrons. The van der Waals surface area contributed by atoms with E-state index in [-0.39, 0.29) is 18.1 Å². The molecular formula is C21H26N6O3. The lowest BCUT2D eigenvalue weighted by atomic mass is 10.1. The summed E-state index contributed by atoms with van der Waals surface area (Å²) in [5.41, 5.74) is 5.46. The van der Waals surface area contributed by atoms with Crippen LogP contribution in [0.4, 0.5) is 11.5 Å². The number of carbonyl (C=O) groups is 1. The van der Waals surface area contributed by atoms with Crippen molar-refractivity contribution in [1.29, 1.82) is 0 Å². The molecule has 0 unspecified atom stereocenters. The zero-order valence-corrected chi connectivity index (χ0v) is 17.7. The molecular weight excluding hydrogens is 384 g/mol. The largest absolute Gasteiger partial charge is 0.390 e. The number of rotatable bonds is 8. The molecule has 0 aliphatic rings. The van der Waals surface area contributed by atoms with Crippen molar-refractivity contribution in [2.24, 2.45) is 0 Å². The highest BCUT2D eigenvalue weighted by Crippen LogP contribution is 2.21. The van der Waals surface area contributed by atoms with E-state index in [1.807, 2.05) is 18.5 Å². The third-order valence-corrected chi connectivity index (χ3v) is 5.03. The quantitative estimate of drug-likeness (QED) is 0.450. The normalized spacial score (nSPS) is 10.9. The molecule has 1 aromatic carbocycles. The molecule has 1 N–H and O–H groups in total. The van der Waals surface area contributed by atoms with Gasteiger partial charge in [-0.15, -0.1) is 0 Å². The Morgan fingerprint density at radius 2 is 1.80 bits per heavy atom. The van der Waals surface area contributed by atoms with E-state index in [4.69, 9.17) is 0 Å². The molecule has 0 saturated carbocycles. The highest BCUT2D eigenvalue weighted by molar-refractivity contribution is 5.91. The van der Waals surface area contributed by atoms with Gasteiger partial charge in [0, 0.05) is 6.42 Å². The number of hydrogen-bond acceptors (Lipinski definition) is 5. The SMILES string of the molecule is Cc1ccc(Cn2nc(C)c(NC(=O)CCCn3nc([N+](=O)[O-])cc3C)c2C)cc1. The standard InChI is InChI=1S/C21H26N6O3/c1-14-7-9-18(10-8-14)13-26-17(4)21(16(3)23-26)22-20(28)6-5-11-25-15(2)12-19(24-25)27(29)30/h7-10,12H,5-6,11,13H2,1-4H3,(H,22,28). The van der Waals surface area contributed by atoms with Crippen molar-refractivity contribution in [1.82, 2.24) is 19.6 Å². The summed E-state index contributed by atoms with van der Waals surface area (Å²) < 4.78 is 3.45. The van der Waals surface area contributed by atoms with Gasteiger partial charge in [0.15, 0.2) is 0 Å². The van der Waals surface area contributed by atoms with Crippen LogP contribution < -0.4 is 5.32 Å². The number of hydrogen-bond donors (Lipinski definition) is 1. The van der Waals surface area contributed by atoms with Crippen LogP contribution >= 0.6 is 0 Å². The first-order chi connectivity index (χ1) is 14.2. The monoisotopic (exact) mass is 410 g/mol. The molecule has 0 atom stereocenters. The summed E-state index contributed by atoms with van der Waals surface area (Å²) in [6, 6.07) is 9.71. The first-order valence-corrected chi connectivity index (χ1v) is 9.83. The first kappa shape index (κ1) is 21.2. The van der Waals surface area contributed by atoms with Crippen LogP contribution in [-0.2, 0) is 17.9 Å². The highest BCUT2D eigenvalue weighted by atomic mass is 16.6. The summed E-state index contributed by atoms with van der Waals surface area (Å²) in [6.07, 6.45) is 0.816. The van der Waals surface area contributed by atoms with Crippen molar-refractivity contribution in [2.45, 2.75) is 53.6 Å². The molecule has 0 aliphatic heterocycles. The molecule has 0 radical (unpaired) electrons. The van der Waals surface area contributed by atoms with Crippen molar-refractivity contribution in [3.8, 4) is 0 Å². The van der Waals surface area contributed by atoms with Crippen molar-refractivity contribution < 1.29 is 9.72 Å². The average molecular weight is 410 g/mol. The predicted octanol–water partition coefficient (Wildman–Crippen LogP) is 3.69. The van der Waals surface area contributed by atoms with Gasteiger partial charge in [-0.25, -0.2) is 0 Å². The number of amides is 1. The Hall–Kier alpha value is -3.49. The fourth-order valence-corrected chi connectivity index (χ4v) is 3.30. The highest BCUT2D eigenvalue weighted by Gasteiger charge is 2.17. The smallest absolute Gasteiger partial charge is 0.358 e. The number of nitro groups is 1. The molecule has 0 spiro atoms. The second kappa shape index (κ2) is 8.89. The zero-order valence-electron chi connectivity index (χ0n) is 17.7. The molecule has 9 heteroatoms. The van der Waals surface area contributed by atoms with E-state index in [1.165, 1.54) is 11.6 Å². The van der Waals surface area contributed by atoms with Gasteiger partial charge < -0.3 is 15.4 Å². The van der Waals surface area contributed by atoms with Crippen molar-refractivity contribution >= 4 is 17.4 Å². The van der Waals surface area contributed by atoms with Gasteiger partial charge in [0.2, 0.25) is 5.91 Å². The molecule has 0 bridgehead atoms. The summed E-state index contributed by atoms with van der Waals surface area (Å²) in [6.45, 7) is 8.71. The Morgan fingerprint density at radius 3 is 2.43 bits per heavy atom. The predicted molar refractivity (Wildman–Crippen MR) is 113 cm³/mol. The second-order valence-corrected chi connectivity index (χ2v) is 7.46. The van der Waals surface area contributed by atoms with Gasteiger partial charge in [-0.05, 0) is 44.6 Å². The lowest BCUT2D eigenvalue weighted by Gasteiger charge is -2.08. The van der Waals surface area contributed by atoms with Gasteiger partial charge in [-0.2, -0.15) is 9.78 Å². The molecule has 2 aromatic heterocycles. The molecule has 1 amide bonds. The van der Waals surface area contributed by atoms with Crippen LogP contribution in [0, 0.1) is 37.8 Å². The van der Waals surface area contributed by atoms with Crippen LogP contribution in [0.5, 0.6) is 0 Å². The zero-order chi connectivity index (χ0) is 21.8. The summed E-state index contributed by atoms with van der Waals surface area (Å²) in [5, 5.41) is 22.3. The van der Waals surface area contributed by atoms with Crippen LogP contribution in [0.1, 0.15) is 41.1 Å². The Labute approximate surface area is 174 Å². The lowest BCUT2D eigenvalue weighted by Crippen LogP contribution is -2.14. The Bertz CT molecular complexity index is 1070. The molecule has 0 saturated heterocycles. The average Bonchev–Trinajstić information content (AvgIpc) is 3.19. The van der Waals surface area contributed by atoms with E-state index < -0.39 is 4.92 Å². The maximum Gasteiger partial charge on any atom is 0.390 e. The third-order valence-electron chi connectivity index (χ3n) is 5.03. The third kappa shape index (κ3) is 4.91. The minimum Gasteiger partial charge on any atom is -0.358 e. The van der Waals surface area contributed by atoms with E-state index in [0.717, 1.165) is 22.6 Å². The van der Waals surface area contributed by atoms with E-state index in [0.29, 0.717) is 25.2 Å². The molecule has 30 heavy (non-hydrogen) atoms. The van der Waals surface area contributed by atoms with Crippen molar-refractivity contribution in [2.75, 3.05) is 5.32 Å². The maximum atomic E-state index is 12.4. The van der Waals surface area contributed by atoms with Crippen LogP contribution in [0.25, 0.3) is 0 Å². The summed E-state index contributed by atoms with van der Waals surface area (Å²) in [5.74, 6) is -0.292. The fourth-order valence-electron chi connectivity index (χ4n) is 3.30. The van der Waals surface area contributed by atoms with Crippen molar-refractivity contribution in [3.05, 3.63) is 68.7 Å². The molecule has 0 aliphatic carbocycles. The number of aryl methyl sites for hydroxylation is 4. The molecule has 9 nitrogen and oxygen atoms in total. The number of nitrogens with zero attached hydrogens (tertiary/aromatic N) is 5. The molecule has 2 heterocycles. The minimum absolute atomic E-state index is 0.115. The maximum absolute atomic E-state index is 12.4. The lowest BCUT2D eigenvalue weighted by molar-refractivity contribution is -0.389. The minimum atomic E-state index is -0.518. The van der Waals surface area contributed by atoms with E-state index in [2.05, 4.69) is 46.7 Å². The van der Waals surface area contributed by atoms with E-state index in [1.54, 1.807) is 11.6 Å². The number of carbonyl (C=O) groups excluding carboxylic acids is 1. The Morgan fingerprint density at radius 1 is 1.10 bits per heavy atom. The van der Waals surface area contributed by atoms with E-state index >= 15 is 0 Å². The molecule has 3 rings (SSSR count). The summed E-state index contributed by atoms with van der Waals surface area (Å²) >= 11 is 0. The number of aromatic nitrogens is 4. The van der Waals surface area contributed by atoms with Gasteiger partial charge in [-0.3, -0.25) is 9.48 Å². The molecule has 3 aromatic rings. The van der Waals surface area contributed by atoms with Crippen LogP contribution in [0.15, 0.2) is 30.3 Å². The van der Waals surface area contributed by atoms with Gasteiger partial charge in [0.25, 0.3) is 0 Å². The van der Waals surface area contributed by atoms with Crippen molar-refractivity contribution in [3.63, 3.8) is 0 Å². The van der Waals surface area contributed by atoms with E-state index in [9.17, 15) is 14.9 Å². The number of nitrogens with one attached hydrogen (secondary N) is 1. The van der Waals surface area contributed by atoms with Crippen LogP contribution in [-0.4, -0.2) is 30.4 Å². The fraction of sp³-hybridized carbons (Fsp3) is 0.381. The first-order valence-electron chi connectivity index (χ1n) is 9.83. The summed E-state index contributed by atoms with van der Waals surface area (Å²) in [7, 11) is 0. The van der Waals surface area contributed by atoms with Gasteiger partial charge in [-0.1, -0.05) is 29.8 Å².